The van der Waals surface area contributed by atoms with Crippen molar-refractivity contribution < 1.29 is 22.4 Å². The Bertz CT molecular complexity index is 977. The maximum Gasteiger partial charge on any atom is 0.253 e. The summed E-state index contributed by atoms with van der Waals surface area (Å²) >= 11 is 0. The molecule has 0 fully saturated rings. The number of amides is 2. The van der Waals surface area contributed by atoms with Crippen LogP contribution in [0.1, 0.15) is 30.6 Å². The second-order valence-corrected chi connectivity index (χ2v) is 8.53. The summed E-state index contributed by atoms with van der Waals surface area (Å²) in [6, 6.07) is 11.2. The molecule has 0 heterocycles. The number of rotatable bonds is 8. The predicted molar refractivity (Wildman–Crippen MR) is 111 cm³/mol. The molecule has 1 atom stereocenters. The lowest BCUT2D eigenvalue weighted by atomic mass is 10.1. The molecule has 9 heteroatoms. The Morgan fingerprint density at radius 2 is 1.72 bits per heavy atom. The molecule has 2 aromatic carbocycles. The third-order valence-corrected chi connectivity index (χ3v) is 5.38. The van der Waals surface area contributed by atoms with Crippen LogP contribution in [-0.2, 0) is 14.8 Å². The highest BCUT2D eigenvalue weighted by atomic mass is 32.2. The van der Waals surface area contributed by atoms with E-state index in [1.54, 1.807) is 24.3 Å². The van der Waals surface area contributed by atoms with Crippen LogP contribution in [0.15, 0.2) is 48.5 Å². The van der Waals surface area contributed by atoms with E-state index in [9.17, 15) is 22.4 Å². The molecule has 2 aromatic rings. The van der Waals surface area contributed by atoms with Gasteiger partial charge in [0.15, 0.2) is 0 Å². The van der Waals surface area contributed by atoms with Gasteiger partial charge in [-0.2, -0.15) is 0 Å². The number of hydrogen-bond donors (Lipinski definition) is 2. The molecule has 0 bridgehead atoms. The van der Waals surface area contributed by atoms with Gasteiger partial charge < -0.3 is 10.6 Å². The molecule has 0 spiro atoms. The van der Waals surface area contributed by atoms with Gasteiger partial charge in [0, 0.05) is 6.04 Å². The summed E-state index contributed by atoms with van der Waals surface area (Å²) in [5.74, 6) is -1.50. The van der Waals surface area contributed by atoms with Gasteiger partial charge in [0.1, 0.15) is 12.4 Å². The third-order valence-electron chi connectivity index (χ3n) is 4.24. The zero-order chi connectivity index (χ0) is 21.6. The third kappa shape index (κ3) is 6.28. The smallest absolute Gasteiger partial charge is 0.253 e. The van der Waals surface area contributed by atoms with E-state index in [1.165, 1.54) is 12.1 Å². The number of para-hydroxylation sites is 1. The van der Waals surface area contributed by atoms with Gasteiger partial charge in [0.25, 0.3) is 5.91 Å². The fourth-order valence-corrected chi connectivity index (χ4v) is 3.38. The molecule has 29 heavy (non-hydrogen) atoms. The zero-order valence-corrected chi connectivity index (χ0v) is 17.3. The summed E-state index contributed by atoms with van der Waals surface area (Å²) in [5.41, 5.74) is 0.701. The Balaban J connectivity index is 2.21. The van der Waals surface area contributed by atoms with Crippen LogP contribution in [-0.4, -0.2) is 39.1 Å². The molecule has 0 unspecified atom stereocenters. The summed E-state index contributed by atoms with van der Waals surface area (Å²) in [6.45, 7) is 3.28. The predicted octanol–water partition coefficient (Wildman–Crippen LogP) is 2.76. The highest BCUT2D eigenvalue weighted by Gasteiger charge is 2.22. The molecular weight excluding hydrogens is 397 g/mol. The zero-order valence-electron chi connectivity index (χ0n) is 16.5. The van der Waals surface area contributed by atoms with Crippen LogP contribution in [0, 0.1) is 5.82 Å². The number of benzene rings is 2. The van der Waals surface area contributed by atoms with Crippen molar-refractivity contribution in [3.8, 4) is 0 Å². The number of anilines is 2. The van der Waals surface area contributed by atoms with Gasteiger partial charge in [-0.15, -0.1) is 0 Å². The molecule has 2 amide bonds. The number of carbonyl (C=O) groups excluding carboxylic acids is 2. The maximum absolute atomic E-state index is 13.1. The van der Waals surface area contributed by atoms with Gasteiger partial charge in [0.05, 0.1) is 23.2 Å². The van der Waals surface area contributed by atoms with Crippen LogP contribution >= 0.6 is 0 Å². The van der Waals surface area contributed by atoms with Crippen LogP contribution in [0.4, 0.5) is 15.8 Å². The van der Waals surface area contributed by atoms with Crippen molar-refractivity contribution in [2.75, 3.05) is 22.4 Å². The van der Waals surface area contributed by atoms with Gasteiger partial charge in [-0.25, -0.2) is 12.8 Å². The SMILES string of the molecule is CC[C@H](C)NC(=O)c1ccccc1NC(=O)CN(c1ccc(F)cc1)S(C)(=O)=O. The fourth-order valence-electron chi connectivity index (χ4n) is 2.52. The minimum absolute atomic E-state index is 0.0366. The lowest BCUT2D eigenvalue weighted by molar-refractivity contribution is -0.114. The highest BCUT2D eigenvalue weighted by Crippen LogP contribution is 2.19. The van der Waals surface area contributed by atoms with E-state index in [4.69, 9.17) is 0 Å². The maximum atomic E-state index is 13.1. The van der Waals surface area contributed by atoms with E-state index in [0.717, 1.165) is 29.1 Å². The Morgan fingerprint density at radius 1 is 1.10 bits per heavy atom. The lowest BCUT2D eigenvalue weighted by Crippen LogP contribution is -2.38. The molecule has 2 rings (SSSR count). The Labute approximate surface area is 170 Å². The normalized spacial score (nSPS) is 12.1. The van der Waals surface area contributed by atoms with Crippen LogP contribution < -0.4 is 14.9 Å². The van der Waals surface area contributed by atoms with E-state index in [1.807, 2.05) is 13.8 Å². The van der Waals surface area contributed by atoms with E-state index in [-0.39, 0.29) is 28.9 Å². The standard InChI is InChI=1S/C20H24FN3O4S/c1-4-14(2)22-20(26)17-7-5-6-8-18(17)23-19(25)13-24(29(3,27)28)16-11-9-15(21)10-12-16/h5-12,14H,4,13H2,1-3H3,(H,22,26)(H,23,25)/t14-/m0/s1. The lowest BCUT2D eigenvalue weighted by Gasteiger charge is -2.22. The van der Waals surface area contributed by atoms with E-state index >= 15 is 0 Å². The quantitative estimate of drug-likeness (QED) is 0.685. The topological polar surface area (TPSA) is 95.6 Å². The minimum atomic E-state index is -3.79. The van der Waals surface area contributed by atoms with Crippen molar-refractivity contribution in [3.63, 3.8) is 0 Å². The summed E-state index contributed by atoms with van der Waals surface area (Å²) in [4.78, 5) is 25.0. The molecule has 0 radical (unpaired) electrons. The first-order chi connectivity index (χ1) is 13.6. The van der Waals surface area contributed by atoms with Crippen LogP contribution in [0.5, 0.6) is 0 Å². The molecule has 156 valence electrons. The van der Waals surface area contributed by atoms with E-state index in [2.05, 4.69) is 10.6 Å². The first-order valence-corrected chi connectivity index (χ1v) is 10.9. The van der Waals surface area contributed by atoms with Crippen molar-refractivity contribution in [3.05, 3.63) is 59.9 Å². The number of nitrogens with zero attached hydrogens (tertiary/aromatic N) is 1. The van der Waals surface area contributed by atoms with Crippen molar-refractivity contribution in [2.24, 2.45) is 0 Å². The van der Waals surface area contributed by atoms with Crippen molar-refractivity contribution >= 4 is 33.2 Å². The molecule has 0 saturated carbocycles. The van der Waals surface area contributed by atoms with Crippen LogP contribution in [0.2, 0.25) is 0 Å². The molecular formula is C20H24FN3O4S. The van der Waals surface area contributed by atoms with Gasteiger partial charge in [-0.05, 0) is 49.7 Å². The van der Waals surface area contributed by atoms with Crippen LogP contribution in [0.25, 0.3) is 0 Å². The van der Waals surface area contributed by atoms with Gasteiger partial charge >= 0.3 is 0 Å². The first kappa shape index (κ1) is 22.4. The fraction of sp³-hybridized carbons (Fsp3) is 0.300. The number of hydrogen-bond acceptors (Lipinski definition) is 4. The Hall–Kier alpha value is -2.94. The molecule has 0 aliphatic heterocycles. The second kappa shape index (κ2) is 9.51. The van der Waals surface area contributed by atoms with Crippen LogP contribution in [0.3, 0.4) is 0 Å². The average molecular weight is 421 g/mol. The Morgan fingerprint density at radius 3 is 2.31 bits per heavy atom. The molecule has 0 aliphatic carbocycles. The summed E-state index contributed by atoms with van der Waals surface area (Å²) in [6.07, 6.45) is 1.71. The Kier molecular flexibility index (Phi) is 7.33. The van der Waals surface area contributed by atoms with Crippen molar-refractivity contribution in [1.29, 1.82) is 0 Å². The summed E-state index contributed by atoms with van der Waals surface area (Å²) in [5, 5.41) is 5.41. The summed E-state index contributed by atoms with van der Waals surface area (Å²) < 4.78 is 38.3. The molecule has 0 aliphatic rings. The second-order valence-electron chi connectivity index (χ2n) is 6.62. The average Bonchev–Trinajstić information content (AvgIpc) is 2.66. The van der Waals surface area contributed by atoms with Gasteiger partial charge in [-0.1, -0.05) is 19.1 Å². The number of carbonyl (C=O) groups is 2. The summed E-state index contributed by atoms with van der Waals surface area (Å²) in [7, 11) is -3.79. The van der Waals surface area contributed by atoms with E-state index < -0.39 is 28.3 Å². The highest BCUT2D eigenvalue weighted by molar-refractivity contribution is 7.92. The number of halogens is 1. The molecule has 0 saturated heterocycles. The minimum Gasteiger partial charge on any atom is -0.350 e. The molecule has 2 N–H and O–H groups in total. The van der Waals surface area contributed by atoms with E-state index in [0.29, 0.717) is 0 Å². The number of sulfonamides is 1. The molecule has 0 aromatic heterocycles. The van der Waals surface area contributed by atoms with Crippen molar-refractivity contribution in [1.82, 2.24) is 5.32 Å². The first-order valence-electron chi connectivity index (χ1n) is 9.04. The number of nitrogens with one attached hydrogen (secondary N) is 2. The monoisotopic (exact) mass is 421 g/mol. The van der Waals surface area contributed by atoms with Gasteiger partial charge in [-0.3, -0.25) is 13.9 Å². The van der Waals surface area contributed by atoms with Gasteiger partial charge in [0.2, 0.25) is 15.9 Å². The van der Waals surface area contributed by atoms with Crippen molar-refractivity contribution in [2.45, 2.75) is 26.3 Å². The largest absolute Gasteiger partial charge is 0.350 e. The molecule has 7 nitrogen and oxygen atoms in total.